The molecule has 3 saturated heterocycles. The van der Waals surface area contributed by atoms with Crippen LogP contribution < -0.4 is 0 Å². The fourth-order valence-electron chi connectivity index (χ4n) is 7.49. The molecular formula is C31H41N5O6. The standard InChI is InChI=1S/C31H41N5O6/c1-7-13-34(18-35-23-12-10-9-11-22(23)32-33-35)28(39)26-31-16-20(5)30(6,42-31)25(29(40)41-14-8-2)24(31)27(38)36(26)21(17-37)15-19(3)4/h7-12,19-21,24-26,37H,1-2,13-18H2,3-6H3/t20?,21-,24+,25-,26?,30+,31?/m1/s1. The van der Waals surface area contributed by atoms with Crippen LogP contribution in [-0.2, 0) is 30.5 Å². The molecule has 4 heterocycles. The lowest BCUT2D eigenvalue weighted by Gasteiger charge is -2.39. The first-order valence-electron chi connectivity index (χ1n) is 14.6. The second kappa shape index (κ2) is 11.3. The summed E-state index contributed by atoms with van der Waals surface area (Å²) in [6, 6.07) is 5.75. The van der Waals surface area contributed by atoms with Crippen molar-refractivity contribution in [1.82, 2.24) is 24.8 Å². The van der Waals surface area contributed by atoms with Gasteiger partial charge < -0.3 is 24.4 Å². The smallest absolute Gasteiger partial charge is 0.313 e. The second-order valence-corrected chi connectivity index (χ2v) is 12.4. The molecule has 42 heavy (non-hydrogen) atoms. The molecule has 0 radical (unpaired) electrons. The number of carbonyl (C=O) groups excluding carboxylic acids is 3. The average Bonchev–Trinajstić information content (AvgIpc) is 3.63. The number of benzene rings is 1. The molecule has 1 N–H and O–H groups in total. The van der Waals surface area contributed by atoms with Crippen molar-refractivity contribution in [3.63, 3.8) is 0 Å². The van der Waals surface area contributed by atoms with E-state index >= 15 is 0 Å². The van der Waals surface area contributed by atoms with Gasteiger partial charge in [0.15, 0.2) is 0 Å². The van der Waals surface area contributed by atoms with Crippen LogP contribution in [0.15, 0.2) is 49.6 Å². The Balaban J connectivity index is 1.60. The third kappa shape index (κ3) is 4.53. The minimum Gasteiger partial charge on any atom is -0.461 e. The number of likely N-dealkylation sites (tertiary alicyclic amines) is 1. The van der Waals surface area contributed by atoms with Gasteiger partial charge in [0.25, 0.3) is 0 Å². The molecule has 2 aromatic rings. The molecule has 11 heteroatoms. The van der Waals surface area contributed by atoms with E-state index in [1.165, 1.54) is 11.0 Å². The number of aliphatic hydroxyl groups excluding tert-OH is 1. The van der Waals surface area contributed by atoms with Crippen LogP contribution >= 0.6 is 0 Å². The van der Waals surface area contributed by atoms with E-state index in [9.17, 15) is 19.5 Å². The van der Waals surface area contributed by atoms with Crippen LogP contribution in [0.1, 0.15) is 40.5 Å². The third-order valence-corrected chi connectivity index (χ3v) is 9.32. The first kappa shape index (κ1) is 29.9. The van der Waals surface area contributed by atoms with Gasteiger partial charge in [-0.3, -0.25) is 14.4 Å². The maximum Gasteiger partial charge on any atom is 0.313 e. The summed E-state index contributed by atoms with van der Waals surface area (Å²) >= 11 is 0. The Bertz CT molecular complexity index is 1390. The molecule has 3 fully saturated rings. The number of rotatable bonds is 12. The average molecular weight is 580 g/mol. The van der Waals surface area contributed by atoms with Crippen molar-refractivity contribution in [3.05, 3.63) is 49.6 Å². The zero-order chi connectivity index (χ0) is 30.4. The quantitative estimate of drug-likeness (QED) is 0.300. The predicted octanol–water partition coefficient (Wildman–Crippen LogP) is 2.55. The number of aromatic nitrogens is 3. The van der Waals surface area contributed by atoms with Gasteiger partial charge >= 0.3 is 5.97 Å². The van der Waals surface area contributed by atoms with Crippen molar-refractivity contribution < 1.29 is 29.0 Å². The molecule has 226 valence electrons. The lowest BCUT2D eigenvalue weighted by molar-refractivity contribution is -0.163. The van der Waals surface area contributed by atoms with Gasteiger partial charge in [-0.1, -0.05) is 56.8 Å². The van der Waals surface area contributed by atoms with Crippen LogP contribution in [0.5, 0.6) is 0 Å². The van der Waals surface area contributed by atoms with Gasteiger partial charge in [-0.05, 0) is 43.7 Å². The first-order valence-corrected chi connectivity index (χ1v) is 14.6. The maximum atomic E-state index is 14.8. The number of hydrogen-bond acceptors (Lipinski definition) is 8. The topological polar surface area (TPSA) is 127 Å². The summed E-state index contributed by atoms with van der Waals surface area (Å²) in [4.78, 5) is 45.8. The summed E-state index contributed by atoms with van der Waals surface area (Å²) in [5, 5.41) is 19.0. The number of esters is 1. The van der Waals surface area contributed by atoms with E-state index in [2.05, 4.69) is 23.5 Å². The Morgan fingerprint density at radius 2 is 2.02 bits per heavy atom. The van der Waals surface area contributed by atoms with Gasteiger partial charge in [0.2, 0.25) is 11.8 Å². The third-order valence-electron chi connectivity index (χ3n) is 9.32. The molecule has 1 spiro atoms. The molecule has 3 aliphatic rings. The number of ether oxygens (including phenoxy) is 2. The maximum absolute atomic E-state index is 14.8. The monoisotopic (exact) mass is 579 g/mol. The van der Waals surface area contributed by atoms with Gasteiger partial charge in [-0.2, -0.15) is 0 Å². The van der Waals surface area contributed by atoms with Crippen molar-refractivity contribution >= 4 is 28.8 Å². The molecular weight excluding hydrogens is 538 g/mol. The number of carbonyl (C=O) groups is 3. The number of para-hydroxylation sites is 1. The molecule has 7 atom stereocenters. The molecule has 5 rings (SSSR count). The Labute approximate surface area is 246 Å². The molecule has 0 saturated carbocycles. The molecule has 2 bridgehead atoms. The molecule has 3 unspecified atom stereocenters. The largest absolute Gasteiger partial charge is 0.461 e. The highest BCUT2D eigenvalue weighted by atomic mass is 16.6. The SMILES string of the molecule is C=CCOC(=O)[C@H]1[C@H]2C(=O)N([C@@H](CO)CC(C)C)C(C(=O)N(CC=C)Cn3nnc4ccccc43)C23CC(C)[C@]1(C)O3. The van der Waals surface area contributed by atoms with Crippen LogP contribution in [0, 0.1) is 23.7 Å². The van der Waals surface area contributed by atoms with Crippen molar-refractivity contribution in [3.8, 4) is 0 Å². The highest BCUT2D eigenvalue weighted by Crippen LogP contribution is 2.65. The van der Waals surface area contributed by atoms with Crippen molar-refractivity contribution in [2.24, 2.45) is 23.7 Å². The van der Waals surface area contributed by atoms with Crippen molar-refractivity contribution in [2.45, 2.75) is 70.5 Å². The summed E-state index contributed by atoms with van der Waals surface area (Å²) in [6.07, 6.45) is 3.99. The molecule has 11 nitrogen and oxygen atoms in total. The lowest BCUT2D eigenvalue weighted by atomic mass is 9.62. The van der Waals surface area contributed by atoms with E-state index in [1.54, 1.807) is 15.7 Å². The molecule has 1 aromatic heterocycles. The zero-order valence-corrected chi connectivity index (χ0v) is 24.8. The van der Waals surface area contributed by atoms with Crippen LogP contribution in [0.2, 0.25) is 0 Å². The summed E-state index contributed by atoms with van der Waals surface area (Å²) in [6.45, 7) is 15.2. The van der Waals surface area contributed by atoms with E-state index in [0.717, 1.165) is 5.52 Å². The fourth-order valence-corrected chi connectivity index (χ4v) is 7.49. The Morgan fingerprint density at radius 1 is 1.29 bits per heavy atom. The normalized spacial score (nSPS) is 30.5. The van der Waals surface area contributed by atoms with Crippen LogP contribution in [-0.4, -0.2) is 90.7 Å². The Kier molecular flexibility index (Phi) is 8.02. The van der Waals surface area contributed by atoms with Gasteiger partial charge in [0.1, 0.15) is 36.4 Å². The van der Waals surface area contributed by atoms with Crippen molar-refractivity contribution in [1.29, 1.82) is 0 Å². The van der Waals surface area contributed by atoms with Crippen LogP contribution in [0.3, 0.4) is 0 Å². The predicted molar refractivity (Wildman–Crippen MR) is 155 cm³/mol. The van der Waals surface area contributed by atoms with Gasteiger partial charge in [-0.25, -0.2) is 4.68 Å². The number of hydrogen-bond donors (Lipinski definition) is 1. The summed E-state index contributed by atoms with van der Waals surface area (Å²) in [5.41, 5.74) is -0.819. The lowest BCUT2D eigenvalue weighted by Crippen LogP contribution is -2.59. The molecule has 0 aliphatic carbocycles. The summed E-state index contributed by atoms with van der Waals surface area (Å²) in [5.74, 6) is -3.10. The summed E-state index contributed by atoms with van der Waals surface area (Å²) in [7, 11) is 0. The van der Waals surface area contributed by atoms with Crippen molar-refractivity contribution in [2.75, 3.05) is 19.8 Å². The number of nitrogens with zero attached hydrogens (tertiary/aromatic N) is 5. The van der Waals surface area contributed by atoms with Crippen LogP contribution in [0.25, 0.3) is 11.0 Å². The Hall–Kier alpha value is -3.57. The number of fused-ring (bicyclic) bond motifs is 2. The number of aliphatic hydroxyl groups is 1. The Morgan fingerprint density at radius 3 is 2.69 bits per heavy atom. The minimum atomic E-state index is -1.27. The number of amides is 2. The fraction of sp³-hybridized carbons (Fsp3) is 0.581. The van der Waals surface area contributed by atoms with Gasteiger partial charge in [0.05, 0.1) is 29.7 Å². The molecule has 2 amide bonds. The van der Waals surface area contributed by atoms with E-state index in [0.29, 0.717) is 18.4 Å². The van der Waals surface area contributed by atoms with Crippen LogP contribution in [0.4, 0.5) is 0 Å². The molecule has 3 aliphatic heterocycles. The molecule has 1 aromatic carbocycles. The summed E-state index contributed by atoms with van der Waals surface area (Å²) < 4.78 is 13.9. The minimum absolute atomic E-state index is 0.00532. The van der Waals surface area contributed by atoms with E-state index in [-0.39, 0.29) is 50.1 Å². The van der Waals surface area contributed by atoms with E-state index in [4.69, 9.17) is 9.47 Å². The highest BCUT2D eigenvalue weighted by molar-refractivity contribution is 5.98. The van der Waals surface area contributed by atoms with Gasteiger partial charge in [-0.15, -0.1) is 11.7 Å². The second-order valence-electron chi connectivity index (χ2n) is 12.4. The van der Waals surface area contributed by atoms with E-state index < -0.39 is 41.1 Å². The van der Waals surface area contributed by atoms with Gasteiger partial charge in [0, 0.05) is 6.54 Å². The zero-order valence-electron chi connectivity index (χ0n) is 24.8. The first-order chi connectivity index (χ1) is 20.0. The highest BCUT2D eigenvalue weighted by Gasteiger charge is 2.80. The van der Waals surface area contributed by atoms with E-state index in [1.807, 2.05) is 52.0 Å².